The van der Waals surface area contributed by atoms with Crippen molar-refractivity contribution in [1.29, 1.82) is 0 Å². The minimum Gasteiger partial charge on any atom is -0.479 e. The lowest BCUT2D eigenvalue weighted by atomic mass is 9.84. The monoisotopic (exact) mass is 482 g/mol. The number of ether oxygens (including phenoxy) is 2. The molecule has 3 rings (SSSR count). The molecule has 8 heteroatoms. The van der Waals surface area contributed by atoms with E-state index in [0.717, 1.165) is 22.3 Å². The predicted octanol–water partition coefficient (Wildman–Crippen LogP) is 3.79. The Hall–Kier alpha value is -3.39. The molecule has 0 bridgehead atoms. The number of alkyl carbamates (subject to hydrolysis) is 1. The fraction of sp³-hybridized carbons (Fsp3) is 0.444. The number of carbonyl (C=O) groups excluding carboxylic acids is 2. The Morgan fingerprint density at radius 2 is 1.51 bits per heavy atom. The summed E-state index contributed by atoms with van der Waals surface area (Å²) in [6.45, 7) is 6.09. The first-order valence-corrected chi connectivity index (χ1v) is 11.7. The first kappa shape index (κ1) is 26.2. The standard InChI is InChI=1S/C27H34N2O6/c1-27(2,3)13-17(24(30)28-15-23(34-4)25(31)32)14-29-26(33)35-16-22-20-11-7-5-9-18(20)19-10-6-8-12-21(19)22/h5-12,17,22-23H,13-16H2,1-4H3,(H,28,30)(H,29,33)(H,31,32). The number of carbonyl (C=O) groups is 3. The summed E-state index contributed by atoms with van der Waals surface area (Å²) < 4.78 is 10.4. The van der Waals surface area contributed by atoms with E-state index in [0.29, 0.717) is 6.42 Å². The molecule has 2 aromatic rings. The lowest BCUT2D eigenvalue weighted by molar-refractivity contribution is -0.148. The topological polar surface area (TPSA) is 114 Å². The summed E-state index contributed by atoms with van der Waals surface area (Å²) in [5, 5.41) is 14.4. The highest BCUT2D eigenvalue weighted by molar-refractivity contribution is 5.81. The van der Waals surface area contributed by atoms with E-state index in [1.165, 1.54) is 7.11 Å². The molecule has 0 aliphatic heterocycles. The van der Waals surface area contributed by atoms with Gasteiger partial charge in [-0.15, -0.1) is 0 Å². The number of methoxy groups -OCH3 is 1. The van der Waals surface area contributed by atoms with Crippen LogP contribution in [0.4, 0.5) is 4.79 Å². The molecule has 0 radical (unpaired) electrons. The number of fused-ring (bicyclic) bond motifs is 3. The van der Waals surface area contributed by atoms with Crippen LogP contribution in [-0.4, -0.2) is 56.0 Å². The maximum Gasteiger partial charge on any atom is 0.407 e. The molecule has 2 atom stereocenters. The zero-order valence-electron chi connectivity index (χ0n) is 20.7. The highest BCUT2D eigenvalue weighted by Crippen LogP contribution is 2.44. The van der Waals surface area contributed by atoms with Gasteiger partial charge in [-0.2, -0.15) is 0 Å². The molecule has 2 aromatic carbocycles. The third-order valence-corrected chi connectivity index (χ3v) is 6.09. The normalized spacial score (nSPS) is 14.4. The highest BCUT2D eigenvalue weighted by Gasteiger charge is 2.30. The van der Waals surface area contributed by atoms with Crippen LogP contribution in [-0.2, 0) is 19.1 Å². The summed E-state index contributed by atoms with van der Waals surface area (Å²) in [4.78, 5) is 36.5. The predicted molar refractivity (Wildman–Crippen MR) is 132 cm³/mol. The van der Waals surface area contributed by atoms with E-state index >= 15 is 0 Å². The van der Waals surface area contributed by atoms with Crippen molar-refractivity contribution in [3.05, 3.63) is 59.7 Å². The third-order valence-electron chi connectivity index (χ3n) is 6.09. The van der Waals surface area contributed by atoms with Crippen molar-refractivity contribution in [1.82, 2.24) is 10.6 Å². The largest absolute Gasteiger partial charge is 0.479 e. The first-order chi connectivity index (χ1) is 16.6. The lowest BCUT2D eigenvalue weighted by Gasteiger charge is -2.26. The second kappa shape index (κ2) is 11.4. The van der Waals surface area contributed by atoms with Gasteiger partial charge >= 0.3 is 12.1 Å². The smallest absolute Gasteiger partial charge is 0.407 e. The summed E-state index contributed by atoms with van der Waals surface area (Å²) in [6, 6.07) is 16.2. The van der Waals surface area contributed by atoms with Gasteiger partial charge in [-0.05, 0) is 34.1 Å². The van der Waals surface area contributed by atoms with Gasteiger partial charge < -0.3 is 25.2 Å². The van der Waals surface area contributed by atoms with Crippen molar-refractivity contribution in [2.24, 2.45) is 11.3 Å². The van der Waals surface area contributed by atoms with Crippen LogP contribution >= 0.6 is 0 Å². The minimum atomic E-state index is -1.16. The molecule has 0 saturated heterocycles. The quantitative estimate of drug-likeness (QED) is 0.475. The summed E-state index contributed by atoms with van der Waals surface area (Å²) in [7, 11) is 1.27. The van der Waals surface area contributed by atoms with Gasteiger partial charge in [-0.3, -0.25) is 4.79 Å². The van der Waals surface area contributed by atoms with Crippen LogP contribution in [0, 0.1) is 11.3 Å². The number of aliphatic carboxylic acids is 1. The minimum absolute atomic E-state index is 0.0520. The summed E-state index contributed by atoms with van der Waals surface area (Å²) in [6.07, 6.45) is -1.24. The van der Waals surface area contributed by atoms with Crippen LogP contribution < -0.4 is 10.6 Å². The van der Waals surface area contributed by atoms with Crippen LogP contribution in [0.1, 0.15) is 44.2 Å². The zero-order valence-corrected chi connectivity index (χ0v) is 20.7. The molecule has 0 fully saturated rings. The Labute approximate surface area is 206 Å². The van der Waals surface area contributed by atoms with Gasteiger partial charge in [0.2, 0.25) is 5.91 Å². The average Bonchev–Trinajstić information content (AvgIpc) is 3.13. The average molecular weight is 483 g/mol. The molecule has 2 unspecified atom stereocenters. The van der Waals surface area contributed by atoms with Crippen LogP contribution in [0.3, 0.4) is 0 Å². The first-order valence-electron chi connectivity index (χ1n) is 11.7. The van der Waals surface area contributed by atoms with Crippen molar-refractivity contribution in [3.8, 4) is 11.1 Å². The molecule has 1 aliphatic carbocycles. The molecular formula is C27H34N2O6. The van der Waals surface area contributed by atoms with E-state index in [-0.39, 0.29) is 36.9 Å². The van der Waals surface area contributed by atoms with Crippen molar-refractivity contribution in [2.75, 3.05) is 26.8 Å². The number of benzene rings is 2. The van der Waals surface area contributed by atoms with Gasteiger partial charge in [0.05, 0.1) is 12.5 Å². The van der Waals surface area contributed by atoms with Crippen molar-refractivity contribution in [2.45, 2.75) is 39.2 Å². The van der Waals surface area contributed by atoms with E-state index in [9.17, 15) is 14.4 Å². The summed E-state index contributed by atoms with van der Waals surface area (Å²) in [5.41, 5.74) is 4.36. The summed E-state index contributed by atoms with van der Waals surface area (Å²) in [5.74, 6) is -2.11. The Bertz CT molecular complexity index is 1020. The van der Waals surface area contributed by atoms with E-state index in [2.05, 4.69) is 34.9 Å². The van der Waals surface area contributed by atoms with E-state index in [4.69, 9.17) is 14.6 Å². The molecule has 0 spiro atoms. The SMILES string of the molecule is COC(CNC(=O)C(CNC(=O)OCC1c2ccccc2-c2ccccc21)CC(C)(C)C)C(=O)O. The van der Waals surface area contributed by atoms with E-state index in [1.807, 2.05) is 45.0 Å². The van der Waals surface area contributed by atoms with Crippen molar-refractivity contribution >= 4 is 18.0 Å². The van der Waals surface area contributed by atoms with E-state index < -0.39 is 24.1 Å². The number of carboxylic acid groups (broad SMARTS) is 1. The number of rotatable bonds is 10. The van der Waals surface area contributed by atoms with Gasteiger partial charge in [-0.25, -0.2) is 9.59 Å². The van der Waals surface area contributed by atoms with Crippen LogP contribution in [0.15, 0.2) is 48.5 Å². The lowest BCUT2D eigenvalue weighted by Crippen LogP contribution is -2.44. The molecule has 3 N–H and O–H groups in total. The second-order valence-corrected chi connectivity index (χ2v) is 9.98. The molecule has 0 heterocycles. The molecule has 188 valence electrons. The van der Waals surface area contributed by atoms with Gasteiger partial charge in [0.15, 0.2) is 6.10 Å². The summed E-state index contributed by atoms with van der Waals surface area (Å²) >= 11 is 0. The molecule has 2 amide bonds. The Kier molecular flexibility index (Phi) is 8.51. The van der Waals surface area contributed by atoms with Gasteiger partial charge in [0.1, 0.15) is 6.61 Å². The molecule has 0 saturated carbocycles. The Morgan fingerprint density at radius 1 is 0.943 bits per heavy atom. The van der Waals surface area contributed by atoms with Gasteiger partial charge in [0, 0.05) is 19.6 Å². The molecule has 1 aliphatic rings. The third kappa shape index (κ3) is 6.82. The molecular weight excluding hydrogens is 448 g/mol. The van der Waals surface area contributed by atoms with Crippen LogP contribution in [0.2, 0.25) is 0 Å². The van der Waals surface area contributed by atoms with E-state index in [1.54, 1.807) is 0 Å². The molecule has 35 heavy (non-hydrogen) atoms. The van der Waals surface area contributed by atoms with Crippen LogP contribution in [0.5, 0.6) is 0 Å². The number of carboxylic acids is 1. The van der Waals surface area contributed by atoms with Crippen molar-refractivity contribution in [3.63, 3.8) is 0 Å². The number of nitrogens with one attached hydrogen (secondary N) is 2. The fourth-order valence-electron chi connectivity index (χ4n) is 4.46. The molecule has 0 aromatic heterocycles. The Morgan fingerprint density at radius 3 is 2.03 bits per heavy atom. The van der Waals surface area contributed by atoms with Crippen LogP contribution in [0.25, 0.3) is 11.1 Å². The van der Waals surface area contributed by atoms with Gasteiger partial charge in [0.25, 0.3) is 0 Å². The maximum absolute atomic E-state index is 12.8. The number of hydrogen-bond donors (Lipinski definition) is 3. The number of amides is 2. The fourth-order valence-corrected chi connectivity index (χ4v) is 4.46. The van der Waals surface area contributed by atoms with Crippen molar-refractivity contribution < 1.29 is 29.0 Å². The van der Waals surface area contributed by atoms with Gasteiger partial charge in [-0.1, -0.05) is 69.3 Å². The highest BCUT2D eigenvalue weighted by atomic mass is 16.5. The zero-order chi connectivity index (χ0) is 25.6. The number of hydrogen-bond acceptors (Lipinski definition) is 5. The molecule has 8 nitrogen and oxygen atoms in total. The Balaban J connectivity index is 1.59. The maximum atomic E-state index is 12.8. The second-order valence-electron chi connectivity index (χ2n) is 9.98.